The molecule has 0 fully saturated rings. The van der Waals surface area contributed by atoms with Crippen molar-refractivity contribution in [2.45, 2.75) is 46.6 Å². The van der Waals surface area contributed by atoms with Gasteiger partial charge in [0.05, 0.1) is 42.3 Å². The highest BCUT2D eigenvalue weighted by molar-refractivity contribution is 5.89. The number of aldehydes is 1. The first-order chi connectivity index (χ1) is 20.1. The van der Waals surface area contributed by atoms with Gasteiger partial charge in [-0.1, -0.05) is 32.0 Å². The van der Waals surface area contributed by atoms with Gasteiger partial charge < -0.3 is 35.7 Å². The molecule has 3 heterocycles. The van der Waals surface area contributed by atoms with Gasteiger partial charge in [0.25, 0.3) is 5.56 Å². The lowest BCUT2D eigenvalue weighted by atomic mass is 9.98. The number of halogens is 1. The molecule has 5 rings (SSSR count). The normalized spacial score (nSPS) is 12.8. The Labute approximate surface area is 242 Å². The minimum absolute atomic E-state index is 0.0916. The van der Waals surface area contributed by atoms with Gasteiger partial charge in [-0.15, -0.1) is 0 Å². The number of methoxy groups -OCH3 is 1. The molecule has 1 aliphatic rings. The first kappa shape index (κ1) is 30.4. The third kappa shape index (κ3) is 5.49. The summed E-state index contributed by atoms with van der Waals surface area (Å²) in [7, 11) is 1.42. The molecule has 0 spiro atoms. The van der Waals surface area contributed by atoms with Crippen LogP contribution < -0.4 is 22.9 Å². The van der Waals surface area contributed by atoms with Gasteiger partial charge in [0.2, 0.25) is 0 Å². The highest BCUT2D eigenvalue weighted by Crippen LogP contribution is 2.38. The Morgan fingerprint density at radius 2 is 1.95 bits per heavy atom. The number of hydrogen-bond donors (Lipinski definition) is 4. The fourth-order valence-corrected chi connectivity index (χ4v) is 5.14. The molecular weight excluding hydrogens is 539 g/mol. The number of rotatable bonds is 8. The number of aryl methyl sites for hydroxylation is 1. The van der Waals surface area contributed by atoms with Crippen molar-refractivity contribution in [1.82, 2.24) is 14.6 Å². The number of nitrogens with two attached hydrogens (primary N) is 3. The monoisotopic (exact) mass is 574 g/mol. The maximum atomic E-state index is 14.7. The summed E-state index contributed by atoms with van der Waals surface area (Å²) in [6.45, 7) is 5.87. The SMILES string of the molecule is CC.COCc1c(C(O)C=O)cc2n(c1=O)Cc1c-2nc2cc(F)c(C)cc2c1CN(N)/C=C(\N)c1ccccc1N. The third-order valence-corrected chi connectivity index (χ3v) is 7.13. The van der Waals surface area contributed by atoms with E-state index in [4.69, 9.17) is 27.0 Å². The Morgan fingerprint density at radius 1 is 1.24 bits per heavy atom. The number of aliphatic hydroxyl groups is 1. The number of carbonyl (C=O) groups is 1. The van der Waals surface area contributed by atoms with Crippen LogP contribution >= 0.6 is 0 Å². The molecule has 0 amide bonds. The zero-order chi connectivity index (χ0) is 30.7. The summed E-state index contributed by atoms with van der Waals surface area (Å²) in [4.78, 5) is 29.7. The largest absolute Gasteiger partial charge is 0.398 e. The van der Waals surface area contributed by atoms with Crippen LogP contribution in [-0.2, 0) is 29.2 Å². The number of fused-ring (bicyclic) bond motifs is 4. The summed E-state index contributed by atoms with van der Waals surface area (Å²) >= 11 is 0. The lowest BCUT2D eigenvalue weighted by Crippen LogP contribution is -2.27. The fourth-order valence-electron chi connectivity index (χ4n) is 5.14. The molecule has 1 atom stereocenters. The molecule has 1 aliphatic heterocycles. The van der Waals surface area contributed by atoms with E-state index in [0.29, 0.717) is 56.7 Å². The maximum absolute atomic E-state index is 14.7. The number of nitrogens with zero attached hydrogens (tertiary/aromatic N) is 3. The smallest absolute Gasteiger partial charge is 0.257 e. The molecule has 220 valence electrons. The van der Waals surface area contributed by atoms with Gasteiger partial charge in [-0.3, -0.25) is 4.79 Å². The number of ether oxygens (including phenoxy) is 1. The van der Waals surface area contributed by atoms with Crippen molar-refractivity contribution in [3.63, 3.8) is 0 Å². The van der Waals surface area contributed by atoms with E-state index in [0.717, 1.165) is 5.56 Å². The Morgan fingerprint density at radius 3 is 2.62 bits per heavy atom. The zero-order valence-electron chi connectivity index (χ0n) is 24.0. The predicted octanol–water partition coefficient (Wildman–Crippen LogP) is 3.49. The Kier molecular flexibility index (Phi) is 9.05. The molecule has 10 nitrogen and oxygen atoms in total. The van der Waals surface area contributed by atoms with Crippen molar-refractivity contribution in [2.24, 2.45) is 11.6 Å². The van der Waals surface area contributed by atoms with E-state index in [2.05, 4.69) is 0 Å². The second-order valence-electron chi connectivity index (χ2n) is 9.75. The van der Waals surface area contributed by atoms with Crippen LogP contribution in [0.15, 0.2) is 53.5 Å². The number of pyridine rings is 2. The van der Waals surface area contributed by atoms with Crippen molar-refractivity contribution in [3.8, 4) is 11.4 Å². The third-order valence-electron chi connectivity index (χ3n) is 7.13. The number of para-hydroxylation sites is 1. The molecule has 42 heavy (non-hydrogen) atoms. The van der Waals surface area contributed by atoms with Gasteiger partial charge in [0.1, 0.15) is 11.9 Å². The van der Waals surface area contributed by atoms with Crippen LogP contribution in [0.1, 0.15) is 53.3 Å². The molecular formula is C31H35FN6O4. The molecule has 4 aromatic rings. The lowest BCUT2D eigenvalue weighted by Gasteiger charge is -2.20. The average molecular weight is 575 g/mol. The first-order valence-electron chi connectivity index (χ1n) is 13.5. The Balaban J connectivity index is 0.00000198. The van der Waals surface area contributed by atoms with E-state index in [9.17, 15) is 19.1 Å². The molecule has 7 N–H and O–H groups in total. The second kappa shape index (κ2) is 12.5. The summed E-state index contributed by atoms with van der Waals surface area (Å²) in [5.41, 5.74) is 16.8. The van der Waals surface area contributed by atoms with E-state index in [1.807, 2.05) is 19.9 Å². The molecule has 0 aliphatic carbocycles. The van der Waals surface area contributed by atoms with Gasteiger partial charge >= 0.3 is 0 Å². The van der Waals surface area contributed by atoms with Gasteiger partial charge in [-0.2, -0.15) is 0 Å². The predicted molar refractivity (Wildman–Crippen MR) is 161 cm³/mol. The molecule has 2 aromatic carbocycles. The molecule has 2 aromatic heterocycles. The van der Waals surface area contributed by atoms with Crippen LogP contribution in [0.5, 0.6) is 0 Å². The minimum atomic E-state index is -1.52. The van der Waals surface area contributed by atoms with Crippen LogP contribution in [-0.4, -0.2) is 33.1 Å². The van der Waals surface area contributed by atoms with Crippen molar-refractivity contribution >= 4 is 28.6 Å². The molecule has 11 heteroatoms. The topological polar surface area (TPSA) is 163 Å². The fraction of sp³-hybridized carbons (Fsp3) is 0.258. The second-order valence-corrected chi connectivity index (χ2v) is 9.75. The van der Waals surface area contributed by atoms with Gasteiger partial charge in [0, 0.05) is 52.7 Å². The van der Waals surface area contributed by atoms with Crippen molar-refractivity contribution < 1.29 is 19.0 Å². The number of hydrogen-bond acceptors (Lipinski definition) is 9. The van der Waals surface area contributed by atoms with E-state index in [-0.39, 0.29) is 30.8 Å². The average Bonchev–Trinajstić information content (AvgIpc) is 3.34. The van der Waals surface area contributed by atoms with Crippen molar-refractivity contribution in [2.75, 3.05) is 12.8 Å². The van der Waals surface area contributed by atoms with Crippen LogP contribution in [0.25, 0.3) is 28.0 Å². The van der Waals surface area contributed by atoms with E-state index in [1.165, 1.54) is 22.8 Å². The standard InChI is InChI=1S/C29H29FN6O4.C2H6/c1-15-7-17-19(10-35(33)12-24(32)16-5-3-4-6-23(16)31)20-11-36-26(28(20)34-25(17)9-22(15)30)8-18(27(38)13-37)21(14-40-2)29(36)39;1-2/h3-9,12-13,27,38H,10-11,14,31-33H2,1-2H3;1-2H3/b24-12-;. The molecule has 0 radical (unpaired) electrons. The highest BCUT2D eigenvalue weighted by Gasteiger charge is 2.30. The number of anilines is 1. The first-order valence-corrected chi connectivity index (χ1v) is 13.5. The molecule has 1 unspecified atom stereocenters. The Hall–Kier alpha value is -4.58. The zero-order valence-corrected chi connectivity index (χ0v) is 24.0. The number of aromatic nitrogens is 2. The van der Waals surface area contributed by atoms with E-state index >= 15 is 0 Å². The number of carbonyl (C=O) groups excluding carboxylic acids is 1. The van der Waals surface area contributed by atoms with Crippen LogP contribution in [0.2, 0.25) is 0 Å². The Bertz CT molecular complexity index is 1750. The van der Waals surface area contributed by atoms with Gasteiger partial charge in [0.15, 0.2) is 6.29 Å². The van der Waals surface area contributed by atoms with Crippen molar-refractivity contribution in [3.05, 3.63) is 98.2 Å². The summed E-state index contributed by atoms with van der Waals surface area (Å²) in [5, 5.41) is 12.4. The van der Waals surface area contributed by atoms with E-state index < -0.39 is 17.5 Å². The highest BCUT2D eigenvalue weighted by atomic mass is 19.1. The van der Waals surface area contributed by atoms with Gasteiger partial charge in [-0.25, -0.2) is 15.2 Å². The van der Waals surface area contributed by atoms with Crippen LogP contribution in [0, 0.1) is 12.7 Å². The summed E-state index contributed by atoms with van der Waals surface area (Å²) in [6.07, 6.45) is 0.385. The summed E-state index contributed by atoms with van der Waals surface area (Å²) in [6, 6.07) is 11.7. The minimum Gasteiger partial charge on any atom is -0.398 e. The van der Waals surface area contributed by atoms with Crippen LogP contribution in [0.4, 0.5) is 10.1 Å². The lowest BCUT2D eigenvalue weighted by molar-refractivity contribution is -0.115. The number of benzene rings is 2. The van der Waals surface area contributed by atoms with Gasteiger partial charge in [-0.05, 0) is 36.2 Å². The molecule has 0 saturated carbocycles. The summed E-state index contributed by atoms with van der Waals surface area (Å²) < 4.78 is 21.3. The summed E-state index contributed by atoms with van der Waals surface area (Å²) in [5.74, 6) is 5.98. The number of nitrogen functional groups attached to an aromatic ring is 1. The number of hydrazine groups is 1. The maximum Gasteiger partial charge on any atom is 0.257 e. The molecule has 0 saturated heterocycles. The molecule has 0 bridgehead atoms. The van der Waals surface area contributed by atoms with Crippen LogP contribution in [0.3, 0.4) is 0 Å². The quantitative estimate of drug-likeness (QED) is 0.0940. The van der Waals surface area contributed by atoms with Crippen molar-refractivity contribution in [1.29, 1.82) is 0 Å². The van der Waals surface area contributed by atoms with E-state index in [1.54, 1.807) is 43.5 Å². The number of aliphatic hydroxyl groups excluding tert-OH is 1.